The maximum atomic E-state index is 12.5. The second kappa shape index (κ2) is 9.04. The zero-order valence-corrected chi connectivity index (χ0v) is 16.5. The molecule has 0 spiro atoms. The smallest absolute Gasteiger partial charge is 0.275 e. The van der Waals surface area contributed by atoms with Gasteiger partial charge in [0.2, 0.25) is 0 Å². The lowest BCUT2D eigenvalue weighted by Crippen LogP contribution is -2.42. The van der Waals surface area contributed by atoms with Crippen LogP contribution in [-0.4, -0.2) is 61.2 Å². The topological polar surface area (TPSA) is 58.8 Å². The minimum atomic E-state index is -0.0713. The summed E-state index contributed by atoms with van der Waals surface area (Å²) in [5.74, 6) is 2.03. The van der Waals surface area contributed by atoms with Gasteiger partial charge in [-0.15, -0.1) is 0 Å². The highest BCUT2D eigenvalue weighted by Gasteiger charge is 2.24. The molecule has 6 heteroatoms. The van der Waals surface area contributed by atoms with Crippen LogP contribution in [0.25, 0.3) is 0 Å². The molecule has 1 atom stereocenters. The molecular formula is C21H29N3O3. The number of aromatic nitrogens is 1. The molecule has 0 radical (unpaired) electrons. The van der Waals surface area contributed by atoms with Crippen LogP contribution in [0.3, 0.4) is 0 Å². The summed E-state index contributed by atoms with van der Waals surface area (Å²) in [6.45, 7) is 5.69. The number of likely N-dealkylation sites (tertiary alicyclic amines) is 1. The van der Waals surface area contributed by atoms with Crippen molar-refractivity contribution in [2.75, 3.05) is 40.3 Å². The molecule has 27 heavy (non-hydrogen) atoms. The van der Waals surface area contributed by atoms with Crippen molar-refractivity contribution in [3.05, 3.63) is 47.3 Å². The minimum absolute atomic E-state index is 0.0713. The Morgan fingerprint density at radius 2 is 2.22 bits per heavy atom. The number of piperidine rings is 1. The fraction of sp³-hybridized carbons (Fsp3) is 0.524. The highest BCUT2D eigenvalue weighted by Crippen LogP contribution is 2.21. The predicted molar refractivity (Wildman–Crippen MR) is 104 cm³/mol. The largest absolute Gasteiger partial charge is 0.496 e. The SMILES string of the molecule is COc1ccccc1CCN1CCC[C@@H](CN(C)C(=O)c2cc(C)on2)C1. The number of para-hydroxylation sites is 1. The Hall–Kier alpha value is -2.34. The number of amides is 1. The maximum absolute atomic E-state index is 12.5. The first-order valence-electron chi connectivity index (χ1n) is 9.60. The minimum Gasteiger partial charge on any atom is -0.496 e. The van der Waals surface area contributed by atoms with Crippen LogP contribution >= 0.6 is 0 Å². The standard InChI is InChI=1S/C21H29N3O3/c1-16-13-19(22-27-16)21(25)23(2)14-17-7-6-11-24(15-17)12-10-18-8-4-5-9-20(18)26-3/h4-5,8-9,13,17H,6-7,10-12,14-15H2,1-3H3/t17-/m0/s1. The van der Waals surface area contributed by atoms with Crippen LogP contribution in [0.4, 0.5) is 0 Å². The van der Waals surface area contributed by atoms with Crippen molar-refractivity contribution in [3.8, 4) is 5.75 Å². The molecule has 2 aromatic rings. The van der Waals surface area contributed by atoms with E-state index in [-0.39, 0.29) is 5.91 Å². The third kappa shape index (κ3) is 5.10. The summed E-state index contributed by atoms with van der Waals surface area (Å²) in [6.07, 6.45) is 3.30. The Bertz CT molecular complexity index is 759. The number of hydrogen-bond donors (Lipinski definition) is 0. The van der Waals surface area contributed by atoms with Gasteiger partial charge in [-0.05, 0) is 50.3 Å². The van der Waals surface area contributed by atoms with Crippen molar-refractivity contribution in [3.63, 3.8) is 0 Å². The van der Waals surface area contributed by atoms with Crippen LogP contribution in [-0.2, 0) is 6.42 Å². The molecule has 0 unspecified atom stereocenters. The first-order valence-corrected chi connectivity index (χ1v) is 9.60. The molecule has 0 aliphatic carbocycles. The van der Waals surface area contributed by atoms with E-state index in [9.17, 15) is 4.79 Å². The van der Waals surface area contributed by atoms with Crippen LogP contribution in [0.5, 0.6) is 5.75 Å². The van der Waals surface area contributed by atoms with Gasteiger partial charge >= 0.3 is 0 Å². The number of rotatable bonds is 7. The number of carbonyl (C=O) groups is 1. The summed E-state index contributed by atoms with van der Waals surface area (Å²) in [5.41, 5.74) is 1.63. The summed E-state index contributed by atoms with van der Waals surface area (Å²) in [7, 11) is 3.57. The van der Waals surface area contributed by atoms with E-state index in [0.29, 0.717) is 17.4 Å². The average molecular weight is 371 g/mol. The lowest BCUT2D eigenvalue weighted by atomic mass is 9.97. The number of methoxy groups -OCH3 is 1. The molecule has 0 bridgehead atoms. The number of nitrogens with zero attached hydrogens (tertiary/aromatic N) is 3. The molecule has 1 fully saturated rings. The van der Waals surface area contributed by atoms with Gasteiger partial charge in [0, 0.05) is 32.7 Å². The van der Waals surface area contributed by atoms with E-state index in [4.69, 9.17) is 9.26 Å². The van der Waals surface area contributed by atoms with Crippen LogP contribution < -0.4 is 4.74 Å². The van der Waals surface area contributed by atoms with E-state index in [1.165, 1.54) is 12.0 Å². The van der Waals surface area contributed by atoms with E-state index in [2.05, 4.69) is 22.2 Å². The maximum Gasteiger partial charge on any atom is 0.275 e. The number of hydrogen-bond acceptors (Lipinski definition) is 5. The molecule has 3 rings (SSSR count). The van der Waals surface area contributed by atoms with E-state index in [1.54, 1.807) is 25.0 Å². The summed E-state index contributed by atoms with van der Waals surface area (Å²) < 4.78 is 10.5. The second-order valence-electron chi connectivity index (χ2n) is 7.38. The Balaban J connectivity index is 1.51. The van der Waals surface area contributed by atoms with E-state index < -0.39 is 0 Å². The summed E-state index contributed by atoms with van der Waals surface area (Å²) in [5, 5.41) is 3.84. The Kier molecular flexibility index (Phi) is 6.50. The lowest BCUT2D eigenvalue weighted by molar-refractivity contribution is 0.0720. The normalized spacial score (nSPS) is 17.7. The van der Waals surface area contributed by atoms with Gasteiger partial charge in [-0.3, -0.25) is 4.79 Å². The van der Waals surface area contributed by atoms with Crippen molar-refractivity contribution < 1.29 is 14.1 Å². The molecule has 1 amide bonds. The fourth-order valence-corrected chi connectivity index (χ4v) is 3.82. The quantitative estimate of drug-likeness (QED) is 0.749. The molecular weight excluding hydrogens is 342 g/mol. The summed E-state index contributed by atoms with van der Waals surface area (Å²) in [6, 6.07) is 9.90. The van der Waals surface area contributed by atoms with E-state index in [1.807, 2.05) is 19.2 Å². The first-order chi connectivity index (χ1) is 13.1. The van der Waals surface area contributed by atoms with Crippen LogP contribution in [0.2, 0.25) is 0 Å². The highest BCUT2D eigenvalue weighted by molar-refractivity contribution is 5.92. The summed E-state index contributed by atoms with van der Waals surface area (Å²) in [4.78, 5) is 16.7. The van der Waals surface area contributed by atoms with E-state index in [0.717, 1.165) is 44.8 Å². The highest BCUT2D eigenvalue weighted by atomic mass is 16.5. The molecule has 0 saturated carbocycles. The van der Waals surface area contributed by atoms with Gasteiger partial charge in [-0.2, -0.15) is 0 Å². The van der Waals surface area contributed by atoms with Crippen molar-refractivity contribution in [1.82, 2.24) is 15.0 Å². The predicted octanol–water partition coefficient (Wildman–Crippen LogP) is 3.02. The van der Waals surface area contributed by atoms with Gasteiger partial charge in [0.15, 0.2) is 5.69 Å². The second-order valence-corrected chi connectivity index (χ2v) is 7.38. The van der Waals surface area contributed by atoms with Crippen molar-refractivity contribution in [2.24, 2.45) is 5.92 Å². The van der Waals surface area contributed by atoms with Crippen molar-refractivity contribution in [2.45, 2.75) is 26.2 Å². The van der Waals surface area contributed by atoms with Gasteiger partial charge in [-0.1, -0.05) is 23.4 Å². The third-order valence-electron chi connectivity index (χ3n) is 5.22. The Labute approximate surface area is 161 Å². The van der Waals surface area contributed by atoms with Gasteiger partial charge in [0.1, 0.15) is 11.5 Å². The van der Waals surface area contributed by atoms with Crippen LogP contribution in [0.15, 0.2) is 34.9 Å². The van der Waals surface area contributed by atoms with Crippen LogP contribution in [0, 0.1) is 12.8 Å². The Morgan fingerprint density at radius 1 is 1.41 bits per heavy atom. The Morgan fingerprint density at radius 3 is 2.96 bits per heavy atom. The van der Waals surface area contributed by atoms with Gasteiger partial charge < -0.3 is 19.1 Å². The third-order valence-corrected chi connectivity index (χ3v) is 5.22. The van der Waals surface area contributed by atoms with Crippen molar-refractivity contribution >= 4 is 5.91 Å². The number of aryl methyl sites for hydroxylation is 1. The van der Waals surface area contributed by atoms with Gasteiger partial charge in [0.05, 0.1) is 7.11 Å². The fourth-order valence-electron chi connectivity index (χ4n) is 3.82. The molecule has 6 nitrogen and oxygen atoms in total. The number of ether oxygens (including phenoxy) is 1. The monoisotopic (exact) mass is 371 g/mol. The molecule has 1 aliphatic rings. The van der Waals surface area contributed by atoms with Crippen molar-refractivity contribution in [1.29, 1.82) is 0 Å². The molecule has 1 aliphatic heterocycles. The van der Waals surface area contributed by atoms with Gasteiger partial charge in [0.25, 0.3) is 5.91 Å². The van der Waals surface area contributed by atoms with Crippen LogP contribution in [0.1, 0.15) is 34.7 Å². The lowest BCUT2D eigenvalue weighted by Gasteiger charge is -2.34. The molecule has 0 N–H and O–H groups in total. The first kappa shape index (κ1) is 19.4. The molecule has 1 saturated heterocycles. The zero-order valence-electron chi connectivity index (χ0n) is 16.5. The molecule has 1 aromatic heterocycles. The van der Waals surface area contributed by atoms with E-state index >= 15 is 0 Å². The zero-order chi connectivity index (χ0) is 19.2. The van der Waals surface area contributed by atoms with Gasteiger partial charge in [-0.25, -0.2) is 0 Å². The molecule has 2 heterocycles. The molecule has 146 valence electrons. The average Bonchev–Trinajstić information content (AvgIpc) is 3.12. The number of benzene rings is 1. The number of carbonyl (C=O) groups excluding carboxylic acids is 1. The summed E-state index contributed by atoms with van der Waals surface area (Å²) >= 11 is 0. The molecule has 1 aromatic carbocycles.